The van der Waals surface area contributed by atoms with E-state index in [1.165, 1.54) is 0 Å². The first kappa shape index (κ1) is 13.4. The normalized spacial score (nSPS) is 18.4. The number of carbonyl (C=O) groups excluding carboxylic acids is 1. The second-order valence-electron chi connectivity index (χ2n) is 4.89. The first-order valence-corrected chi connectivity index (χ1v) is 5.76. The lowest BCUT2D eigenvalue weighted by Crippen LogP contribution is -2.52. The van der Waals surface area contributed by atoms with Crippen LogP contribution in [-0.4, -0.2) is 62.8 Å². The summed E-state index contributed by atoms with van der Waals surface area (Å²) in [6, 6.07) is 0. The van der Waals surface area contributed by atoms with Gasteiger partial charge in [0.2, 0.25) is 5.91 Å². The summed E-state index contributed by atoms with van der Waals surface area (Å²) in [5.74, 6) is 0.0731. The number of carbonyl (C=O) groups is 1. The summed E-state index contributed by atoms with van der Waals surface area (Å²) in [4.78, 5) is 13.9. The fourth-order valence-corrected chi connectivity index (χ4v) is 1.89. The van der Waals surface area contributed by atoms with E-state index >= 15 is 0 Å². The zero-order valence-electron chi connectivity index (χ0n) is 10.5. The second-order valence-corrected chi connectivity index (χ2v) is 4.89. The van der Waals surface area contributed by atoms with Gasteiger partial charge < -0.3 is 15.4 Å². The van der Waals surface area contributed by atoms with Gasteiger partial charge in [-0.1, -0.05) is 0 Å². The Hall–Kier alpha value is -0.650. The van der Waals surface area contributed by atoms with Gasteiger partial charge in [-0.3, -0.25) is 9.69 Å². The van der Waals surface area contributed by atoms with Crippen LogP contribution in [0.25, 0.3) is 0 Å². The highest BCUT2D eigenvalue weighted by Gasteiger charge is 2.21. The minimum absolute atomic E-state index is 0.0731. The summed E-state index contributed by atoms with van der Waals surface area (Å²) >= 11 is 0. The maximum Gasteiger partial charge on any atom is 0.234 e. The molecule has 1 amide bonds. The molecular formula is C11H23N3O2. The highest BCUT2D eigenvalue weighted by Crippen LogP contribution is 2.02. The molecule has 0 aromatic heterocycles. The highest BCUT2D eigenvalue weighted by molar-refractivity contribution is 5.78. The van der Waals surface area contributed by atoms with Crippen LogP contribution in [-0.2, 0) is 9.53 Å². The van der Waals surface area contributed by atoms with Crippen LogP contribution in [0.2, 0.25) is 0 Å². The van der Waals surface area contributed by atoms with Crippen LogP contribution in [0, 0.1) is 0 Å². The van der Waals surface area contributed by atoms with E-state index in [0.29, 0.717) is 13.2 Å². The van der Waals surface area contributed by atoms with Crippen molar-refractivity contribution >= 4 is 5.91 Å². The zero-order valence-corrected chi connectivity index (χ0v) is 10.5. The predicted molar refractivity (Wildman–Crippen MR) is 63.4 cm³/mol. The summed E-state index contributed by atoms with van der Waals surface area (Å²) in [5, 5.41) is 6.24. The number of methoxy groups -OCH3 is 1. The Bertz CT molecular complexity index is 225. The Morgan fingerprint density at radius 1 is 1.44 bits per heavy atom. The third kappa shape index (κ3) is 4.92. The largest absolute Gasteiger partial charge is 0.382 e. The van der Waals surface area contributed by atoms with E-state index in [4.69, 9.17) is 4.74 Å². The molecule has 0 aromatic carbocycles. The van der Waals surface area contributed by atoms with Crippen molar-refractivity contribution in [2.75, 3.05) is 46.4 Å². The van der Waals surface area contributed by atoms with Gasteiger partial charge in [0.15, 0.2) is 0 Å². The molecule has 0 bridgehead atoms. The van der Waals surface area contributed by atoms with Gasteiger partial charge in [-0.25, -0.2) is 0 Å². The molecule has 0 aromatic rings. The van der Waals surface area contributed by atoms with E-state index in [9.17, 15) is 4.79 Å². The van der Waals surface area contributed by atoms with Gasteiger partial charge in [-0.2, -0.15) is 0 Å². The highest BCUT2D eigenvalue weighted by atomic mass is 16.5. The SMILES string of the molecule is COCC(C)(C)NC(=O)CN1CCNCC1. The average Bonchev–Trinajstić information content (AvgIpc) is 2.17. The number of ether oxygens (including phenoxy) is 1. The van der Waals surface area contributed by atoms with Gasteiger partial charge >= 0.3 is 0 Å². The van der Waals surface area contributed by atoms with Crippen molar-refractivity contribution < 1.29 is 9.53 Å². The zero-order chi connectivity index (χ0) is 12.0. The van der Waals surface area contributed by atoms with E-state index in [-0.39, 0.29) is 11.4 Å². The van der Waals surface area contributed by atoms with E-state index in [1.807, 2.05) is 13.8 Å². The molecule has 94 valence electrons. The molecule has 0 atom stereocenters. The smallest absolute Gasteiger partial charge is 0.234 e. The van der Waals surface area contributed by atoms with E-state index < -0.39 is 0 Å². The van der Waals surface area contributed by atoms with E-state index in [2.05, 4.69) is 15.5 Å². The van der Waals surface area contributed by atoms with Crippen molar-refractivity contribution in [1.29, 1.82) is 0 Å². The molecule has 0 spiro atoms. The minimum Gasteiger partial charge on any atom is -0.382 e. The number of hydrogen-bond donors (Lipinski definition) is 2. The third-order valence-electron chi connectivity index (χ3n) is 2.56. The van der Waals surface area contributed by atoms with Crippen molar-refractivity contribution in [2.45, 2.75) is 19.4 Å². The van der Waals surface area contributed by atoms with Crippen molar-refractivity contribution in [3.8, 4) is 0 Å². The lowest BCUT2D eigenvalue weighted by Gasteiger charge is -2.30. The molecule has 5 nitrogen and oxygen atoms in total. The molecule has 2 N–H and O–H groups in total. The predicted octanol–water partition coefficient (Wildman–Crippen LogP) is -0.567. The lowest BCUT2D eigenvalue weighted by atomic mass is 10.1. The Labute approximate surface area is 97.5 Å². The Kier molecular flexibility index (Phi) is 5.18. The first-order valence-electron chi connectivity index (χ1n) is 5.76. The summed E-state index contributed by atoms with van der Waals surface area (Å²) in [6.07, 6.45) is 0. The van der Waals surface area contributed by atoms with Crippen molar-refractivity contribution in [1.82, 2.24) is 15.5 Å². The van der Waals surface area contributed by atoms with Gasteiger partial charge in [-0.05, 0) is 13.8 Å². The van der Waals surface area contributed by atoms with Crippen molar-refractivity contribution in [2.24, 2.45) is 0 Å². The standard InChI is InChI=1S/C11H23N3O2/c1-11(2,9-16-3)13-10(15)8-14-6-4-12-5-7-14/h12H,4-9H2,1-3H3,(H,13,15). The molecule has 0 radical (unpaired) electrons. The number of nitrogens with one attached hydrogen (secondary N) is 2. The first-order chi connectivity index (χ1) is 7.53. The van der Waals surface area contributed by atoms with Gasteiger partial charge in [0.25, 0.3) is 0 Å². The maximum atomic E-state index is 11.8. The summed E-state index contributed by atoms with van der Waals surface area (Å²) in [5.41, 5.74) is -0.292. The van der Waals surface area contributed by atoms with Gasteiger partial charge in [0.1, 0.15) is 0 Å². The summed E-state index contributed by atoms with van der Waals surface area (Å²) < 4.78 is 5.06. The van der Waals surface area contributed by atoms with Crippen LogP contribution in [0.1, 0.15) is 13.8 Å². The Morgan fingerprint density at radius 3 is 2.62 bits per heavy atom. The maximum absolute atomic E-state index is 11.8. The lowest BCUT2D eigenvalue weighted by molar-refractivity contribution is -0.124. The van der Waals surface area contributed by atoms with Crippen LogP contribution in [0.3, 0.4) is 0 Å². The summed E-state index contributed by atoms with van der Waals surface area (Å²) in [6.45, 7) is 8.76. The molecule has 1 rings (SSSR count). The van der Waals surface area contributed by atoms with Crippen LogP contribution in [0.15, 0.2) is 0 Å². The van der Waals surface area contributed by atoms with E-state index in [0.717, 1.165) is 26.2 Å². The van der Waals surface area contributed by atoms with Crippen LogP contribution in [0.5, 0.6) is 0 Å². The van der Waals surface area contributed by atoms with Gasteiger partial charge in [-0.15, -0.1) is 0 Å². The molecular weight excluding hydrogens is 206 g/mol. The topological polar surface area (TPSA) is 53.6 Å². The third-order valence-corrected chi connectivity index (χ3v) is 2.56. The fourth-order valence-electron chi connectivity index (χ4n) is 1.89. The van der Waals surface area contributed by atoms with Crippen molar-refractivity contribution in [3.63, 3.8) is 0 Å². The molecule has 16 heavy (non-hydrogen) atoms. The molecule has 1 aliphatic heterocycles. The molecule has 1 heterocycles. The number of nitrogens with zero attached hydrogens (tertiary/aromatic N) is 1. The van der Waals surface area contributed by atoms with Crippen molar-refractivity contribution in [3.05, 3.63) is 0 Å². The van der Waals surface area contributed by atoms with Gasteiger partial charge in [0, 0.05) is 33.3 Å². The molecule has 5 heteroatoms. The fraction of sp³-hybridized carbons (Fsp3) is 0.909. The van der Waals surface area contributed by atoms with Crippen LogP contribution >= 0.6 is 0 Å². The second kappa shape index (κ2) is 6.18. The summed E-state index contributed by atoms with van der Waals surface area (Å²) in [7, 11) is 1.64. The van der Waals surface area contributed by atoms with Gasteiger partial charge in [0.05, 0.1) is 18.7 Å². The number of rotatable bonds is 5. The van der Waals surface area contributed by atoms with Crippen LogP contribution < -0.4 is 10.6 Å². The van der Waals surface area contributed by atoms with E-state index in [1.54, 1.807) is 7.11 Å². The Morgan fingerprint density at radius 2 is 2.06 bits per heavy atom. The number of piperazine rings is 1. The molecule has 0 aliphatic carbocycles. The molecule has 1 aliphatic rings. The molecule has 0 saturated carbocycles. The molecule has 1 fully saturated rings. The number of amides is 1. The minimum atomic E-state index is -0.292. The monoisotopic (exact) mass is 229 g/mol. The molecule has 1 saturated heterocycles. The average molecular weight is 229 g/mol. The molecule has 0 unspecified atom stereocenters. The Balaban J connectivity index is 2.28. The quantitative estimate of drug-likeness (QED) is 0.663. The number of hydrogen-bond acceptors (Lipinski definition) is 4. The van der Waals surface area contributed by atoms with Crippen LogP contribution in [0.4, 0.5) is 0 Å².